The Morgan fingerprint density at radius 2 is 1.79 bits per heavy atom. The monoisotopic (exact) mass is 356 g/mol. The fourth-order valence-corrected chi connectivity index (χ4v) is 3.31. The summed E-state index contributed by atoms with van der Waals surface area (Å²) in [6.45, 7) is 6.40. The summed E-state index contributed by atoms with van der Waals surface area (Å²) >= 11 is 0. The van der Waals surface area contributed by atoms with E-state index < -0.39 is 15.9 Å². The van der Waals surface area contributed by atoms with Gasteiger partial charge in [0.25, 0.3) is 5.91 Å². The zero-order valence-corrected chi connectivity index (χ0v) is 15.5. The van der Waals surface area contributed by atoms with Crippen LogP contribution in [-0.2, 0) is 10.0 Å². The van der Waals surface area contributed by atoms with Crippen molar-refractivity contribution in [3.63, 3.8) is 0 Å². The SMILES string of the molecule is CCCCCCOc1ccc(C(=O)NNS(=O)(=O)CC(C)C)cc1. The van der Waals surface area contributed by atoms with Crippen LogP contribution in [0.4, 0.5) is 0 Å². The molecule has 0 fully saturated rings. The van der Waals surface area contributed by atoms with Gasteiger partial charge >= 0.3 is 0 Å². The van der Waals surface area contributed by atoms with Gasteiger partial charge in [-0.15, -0.1) is 4.83 Å². The number of sulfonamides is 1. The molecule has 0 aromatic heterocycles. The minimum Gasteiger partial charge on any atom is -0.494 e. The molecule has 0 saturated carbocycles. The van der Waals surface area contributed by atoms with Gasteiger partial charge in [-0.1, -0.05) is 40.0 Å². The topological polar surface area (TPSA) is 84.5 Å². The Kier molecular flexibility index (Phi) is 8.78. The Labute approximate surface area is 145 Å². The van der Waals surface area contributed by atoms with E-state index in [-0.39, 0.29) is 11.7 Å². The van der Waals surface area contributed by atoms with Crippen molar-refractivity contribution in [3.05, 3.63) is 29.8 Å². The number of benzene rings is 1. The Balaban J connectivity index is 2.43. The highest BCUT2D eigenvalue weighted by Gasteiger charge is 2.14. The standard InChI is InChI=1S/C17H28N2O4S/c1-4-5-6-7-12-23-16-10-8-15(9-11-16)17(20)18-19-24(21,22)13-14(2)3/h8-11,14,19H,4-7,12-13H2,1-3H3,(H,18,20). The van der Waals surface area contributed by atoms with Gasteiger partial charge in [-0.3, -0.25) is 10.2 Å². The third kappa shape index (κ3) is 8.31. The van der Waals surface area contributed by atoms with E-state index in [1.54, 1.807) is 38.1 Å². The average molecular weight is 356 g/mol. The molecule has 0 aliphatic rings. The zero-order chi connectivity index (χ0) is 18.0. The van der Waals surface area contributed by atoms with Gasteiger partial charge < -0.3 is 4.74 Å². The maximum absolute atomic E-state index is 11.9. The molecule has 1 aromatic carbocycles. The number of hydrogen-bond donors (Lipinski definition) is 2. The molecule has 0 radical (unpaired) electrons. The van der Waals surface area contributed by atoms with Crippen LogP contribution in [0.15, 0.2) is 24.3 Å². The molecule has 0 aliphatic carbocycles. The molecule has 0 saturated heterocycles. The van der Waals surface area contributed by atoms with E-state index in [9.17, 15) is 13.2 Å². The predicted octanol–water partition coefficient (Wildman–Crippen LogP) is 2.87. The first-order valence-corrected chi connectivity index (χ1v) is 10.0. The summed E-state index contributed by atoms with van der Waals surface area (Å²) < 4.78 is 29.0. The van der Waals surface area contributed by atoms with Crippen molar-refractivity contribution in [1.29, 1.82) is 0 Å². The van der Waals surface area contributed by atoms with E-state index in [0.717, 1.165) is 12.8 Å². The third-order valence-corrected chi connectivity index (χ3v) is 4.77. The lowest BCUT2D eigenvalue weighted by atomic mass is 10.2. The molecule has 136 valence electrons. The Morgan fingerprint density at radius 1 is 1.12 bits per heavy atom. The van der Waals surface area contributed by atoms with Crippen LogP contribution in [0.2, 0.25) is 0 Å². The van der Waals surface area contributed by atoms with Crippen LogP contribution >= 0.6 is 0 Å². The summed E-state index contributed by atoms with van der Waals surface area (Å²) in [6.07, 6.45) is 4.54. The Hall–Kier alpha value is -1.60. The van der Waals surface area contributed by atoms with Crippen molar-refractivity contribution in [2.75, 3.05) is 12.4 Å². The molecule has 0 aliphatic heterocycles. The summed E-state index contributed by atoms with van der Waals surface area (Å²) in [5.74, 6) is 0.131. The zero-order valence-electron chi connectivity index (χ0n) is 14.7. The third-order valence-electron chi connectivity index (χ3n) is 3.26. The summed E-state index contributed by atoms with van der Waals surface area (Å²) in [5.41, 5.74) is 2.57. The lowest BCUT2D eigenvalue weighted by Gasteiger charge is -2.10. The van der Waals surface area contributed by atoms with Crippen LogP contribution in [0.25, 0.3) is 0 Å². The van der Waals surface area contributed by atoms with Gasteiger partial charge in [0.05, 0.1) is 12.4 Å². The van der Waals surface area contributed by atoms with Crippen molar-refractivity contribution >= 4 is 15.9 Å². The second kappa shape index (κ2) is 10.3. The fourth-order valence-electron chi connectivity index (χ4n) is 2.10. The number of nitrogens with one attached hydrogen (secondary N) is 2. The van der Waals surface area contributed by atoms with Crippen molar-refractivity contribution in [2.24, 2.45) is 5.92 Å². The van der Waals surface area contributed by atoms with Crippen LogP contribution in [0.3, 0.4) is 0 Å². The van der Waals surface area contributed by atoms with Crippen molar-refractivity contribution < 1.29 is 17.9 Å². The summed E-state index contributed by atoms with van der Waals surface area (Å²) in [6, 6.07) is 6.62. The molecule has 2 N–H and O–H groups in total. The maximum atomic E-state index is 11.9. The van der Waals surface area contributed by atoms with Gasteiger partial charge in [0.1, 0.15) is 5.75 Å². The molecular formula is C17H28N2O4S. The van der Waals surface area contributed by atoms with E-state index in [0.29, 0.717) is 17.9 Å². The van der Waals surface area contributed by atoms with Gasteiger partial charge in [-0.05, 0) is 36.6 Å². The number of carbonyl (C=O) groups is 1. The number of unbranched alkanes of at least 4 members (excludes halogenated alkanes) is 3. The molecule has 1 rings (SSSR count). The highest BCUT2D eigenvalue weighted by Crippen LogP contribution is 2.13. The number of hydrogen-bond acceptors (Lipinski definition) is 4. The van der Waals surface area contributed by atoms with Crippen LogP contribution in [-0.4, -0.2) is 26.7 Å². The highest BCUT2D eigenvalue weighted by atomic mass is 32.2. The highest BCUT2D eigenvalue weighted by molar-refractivity contribution is 7.89. The van der Waals surface area contributed by atoms with Crippen LogP contribution < -0.4 is 15.0 Å². The average Bonchev–Trinajstić information content (AvgIpc) is 2.52. The van der Waals surface area contributed by atoms with Crippen molar-refractivity contribution in [3.8, 4) is 5.75 Å². The summed E-state index contributed by atoms with van der Waals surface area (Å²) in [4.78, 5) is 14.0. The van der Waals surface area contributed by atoms with Gasteiger partial charge in [0.2, 0.25) is 10.0 Å². The van der Waals surface area contributed by atoms with Crippen LogP contribution in [0.5, 0.6) is 5.75 Å². The van der Waals surface area contributed by atoms with Gasteiger partial charge in [-0.2, -0.15) is 0 Å². The van der Waals surface area contributed by atoms with Gasteiger partial charge in [0.15, 0.2) is 0 Å². The number of hydrazine groups is 1. The molecule has 0 atom stereocenters. The number of rotatable bonds is 11. The second-order valence-corrected chi connectivity index (χ2v) is 7.93. The smallest absolute Gasteiger partial charge is 0.266 e. The lowest BCUT2D eigenvalue weighted by Crippen LogP contribution is -2.43. The molecule has 1 aromatic rings. The Bertz CT molecular complexity index is 598. The molecule has 6 nitrogen and oxygen atoms in total. The maximum Gasteiger partial charge on any atom is 0.266 e. The second-order valence-electron chi connectivity index (χ2n) is 6.16. The molecule has 0 bridgehead atoms. The van der Waals surface area contributed by atoms with E-state index in [2.05, 4.69) is 17.2 Å². The molecular weight excluding hydrogens is 328 g/mol. The first-order chi connectivity index (χ1) is 11.3. The lowest BCUT2D eigenvalue weighted by molar-refractivity contribution is 0.0945. The molecule has 0 spiro atoms. The normalized spacial score (nSPS) is 11.5. The van der Waals surface area contributed by atoms with Gasteiger partial charge in [-0.25, -0.2) is 8.42 Å². The van der Waals surface area contributed by atoms with Crippen molar-refractivity contribution in [1.82, 2.24) is 10.3 Å². The first kappa shape index (κ1) is 20.4. The molecule has 0 heterocycles. The van der Waals surface area contributed by atoms with Crippen LogP contribution in [0.1, 0.15) is 56.8 Å². The molecule has 0 unspecified atom stereocenters. The number of carbonyl (C=O) groups excluding carboxylic acids is 1. The summed E-state index contributed by atoms with van der Waals surface area (Å²) in [5, 5.41) is 0. The van der Waals surface area contributed by atoms with E-state index >= 15 is 0 Å². The largest absolute Gasteiger partial charge is 0.494 e. The minimum atomic E-state index is -3.52. The summed E-state index contributed by atoms with van der Waals surface area (Å²) in [7, 11) is -3.52. The molecule has 24 heavy (non-hydrogen) atoms. The number of amides is 1. The van der Waals surface area contributed by atoms with Gasteiger partial charge in [0, 0.05) is 5.56 Å². The van der Waals surface area contributed by atoms with E-state index in [1.165, 1.54) is 12.8 Å². The molecule has 7 heteroatoms. The number of ether oxygens (including phenoxy) is 1. The van der Waals surface area contributed by atoms with E-state index in [4.69, 9.17) is 4.74 Å². The minimum absolute atomic E-state index is 0.0202. The van der Waals surface area contributed by atoms with Crippen molar-refractivity contribution in [2.45, 2.75) is 46.5 Å². The quantitative estimate of drug-likeness (QED) is 0.472. The van der Waals surface area contributed by atoms with Crippen LogP contribution in [0, 0.1) is 5.92 Å². The fraction of sp³-hybridized carbons (Fsp3) is 0.588. The van der Waals surface area contributed by atoms with E-state index in [1.807, 2.05) is 0 Å². The molecule has 1 amide bonds. The predicted molar refractivity (Wildman–Crippen MR) is 95.3 cm³/mol. The first-order valence-electron chi connectivity index (χ1n) is 8.36. The Morgan fingerprint density at radius 3 is 2.38 bits per heavy atom.